The van der Waals surface area contributed by atoms with Gasteiger partial charge in [0.1, 0.15) is 25.1 Å². The van der Waals surface area contributed by atoms with Crippen LogP contribution in [0.2, 0.25) is 0 Å². The molecular formula is C91H117FN20O24S. The molecule has 0 saturated carbocycles. The predicted octanol–water partition coefficient (Wildman–Crippen LogP) is -2.36. The number of fused-ring (bicyclic) bond motifs is 5. The van der Waals surface area contributed by atoms with Crippen LogP contribution in [0, 0.1) is 12.7 Å². The number of amides is 19. The van der Waals surface area contributed by atoms with Gasteiger partial charge < -0.3 is 105 Å². The number of esters is 1. The van der Waals surface area contributed by atoms with E-state index in [1.165, 1.54) is 129 Å². The van der Waals surface area contributed by atoms with Crippen LogP contribution in [0.4, 0.5) is 14.9 Å². The number of halogens is 1. The first-order valence-electron chi connectivity index (χ1n) is 44.0. The molecule has 0 radical (unpaired) electrons. The zero-order valence-electron chi connectivity index (χ0n) is 79.0. The van der Waals surface area contributed by atoms with Gasteiger partial charge in [0, 0.05) is 145 Å². The molecule has 1 aliphatic carbocycles. The number of benzene rings is 3. The molecule has 44 nitrogen and oxygen atoms in total. The normalized spacial score (nSPS) is 15.0. The summed E-state index contributed by atoms with van der Waals surface area (Å²) < 4.78 is 28.5. The molecule has 2 aromatic heterocycles. The van der Waals surface area contributed by atoms with Crippen molar-refractivity contribution in [2.45, 2.75) is 128 Å². The summed E-state index contributed by atoms with van der Waals surface area (Å²) in [5.41, 5.74) is 1.39. The smallest absolute Gasteiger partial charge is 0.407 e. The number of unbranched alkanes of at least 4 members (excludes halogenated alkanes) is 2. The van der Waals surface area contributed by atoms with Gasteiger partial charge in [-0.15, -0.1) is 0 Å². The summed E-state index contributed by atoms with van der Waals surface area (Å²) in [6, 6.07) is 13.6. The van der Waals surface area contributed by atoms with Gasteiger partial charge in [0.25, 0.3) is 5.56 Å². The first-order valence-corrected chi connectivity index (χ1v) is 44.6. The number of alkyl carbamates (subject to hydrolysis) is 1. The highest BCUT2D eigenvalue weighted by Crippen LogP contribution is 2.46. The molecule has 137 heavy (non-hydrogen) atoms. The molecule has 0 spiro atoms. The summed E-state index contributed by atoms with van der Waals surface area (Å²) in [5, 5.41) is 27.1. The summed E-state index contributed by atoms with van der Waals surface area (Å²) in [7, 11) is 14.5. The second-order valence-electron chi connectivity index (χ2n) is 34.5. The molecule has 738 valence electrons. The molecule has 3 aromatic carbocycles. The van der Waals surface area contributed by atoms with E-state index in [2.05, 4.69) is 44.5 Å². The highest BCUT2D eigenvalue weighted by molar-refractivity contribution is 7.81. The van der Waals surface area contributed by atoms with Crippen LogP contribution in [0.15, 0.2) is 65.5 Å². The third kappa shape index (κ3) is 27.5. The molecule has 9 rings (SSSR count). The van der Waals surface area contributed by atoms with Gasteiger partial charge in [-0.2, -0.15) is 12.6 Å². The van der Waals surface area contributed by atoms with E-state index >= 15 is 4.39 Å². The number of hydrogen-bond acceptors (Lipinski definition) is 26. The van der Waals surface area contributed by atoms with Crippen molar-refractivity contribution in [2.24, 2.45) is 0 Å². The Morgan fingerprint density at radius 1 is 0.584 bits per heavy atom. The van der Waals surface area contributed by atoms with Crippen LogP contribution in [0.3, 0.4) is 0 Å². The minimum absolute atomic E-state index is 0.0297. The van der Waals surface area contributed by atoms with Gasteiger partial charge in [-0.05, 0) is 90.6 Å². The zero-order chi connectivity index (χ0) is 101. The molecular weight excluding hydrogens is 1810 g/mol. The van der Waals surface area contributed by atoms with Crippen LogP contribution in [-0.4, -0.2) is 372 Å². The maximum absolute atomic E-state index is 15.9. The molecule has 19 amide bonds. The number of carbonyl (C=O) groups is 20. The first-order chi connectivity index (χ1) is 64.6. The van der Waals surface area contributed by atoms with Gasteiger partial charge in [0.05, 0.1) is 125 Å². The first kappa shape index (κ1) is 106. The summed E-state index contributed by atoms with van der Waals surface area (Å²) >= 11 is 4.12. The number of rotatable bonds is 43. The van der Waals surface area contributed by atoms with Crippen molar-refractivity contribution in [1.29, 1.82) is 0 Å². The second kappa shape index (κ2) is 47.2. The Balaban J connectivity index is 0.805. The Hall–Kier alpha value is -14.3. The van der Waals surface area contributed by atoms with E-state index < -0.39 is 227 Å². The molecule has 4 atom stereocenters. The number of carbonyl (C=O) groups excluding carboxylic acids is 20. The SMILES string of the molecule is CC[C@@]1(O)C(=O)OCc2c1cc1n(c2=O)Cc2c-1nc1cc(F)c(C)c3c1c2[C@@H](NC(=O)OCc1ccc(NC(=O)CNC(=O)[C@H](Cc2ccccc2)NC(=O)CNC(=O)CNC(=O)CCCCCN2C(=O)CC(S)C2=O)cc1CN(C)C(=O)CN(C)C(=O)CN(C)C(=O)CN(C)C(=O)CN(C)C(=O)CN(C)C(=O)CN(C)C(=O)CN(C)C(=O)CN(C)C(=O)CN(C)C(=O)CN(C)C(C)=O)CC3. The van der Waals surface area contributed by atoms with Crippen molar-refractivity contribution >= 4 is 148 Å². The Morgan fingerprint density at radius 2 is 1.08 bits per heavy atom. The Bertz CT molecular complexity index is 5660. The van der Waals surface area contributed by atoms with E-state index in [1.54, 1.807) is 44.2 Å². The molecule has 5 heterocycles. The van der Waals surface area contributed by atoms with E-state index in [0.29, 0.717) is 52.5 Å². The third-order valence-corrected chi connectivity index (χ3v) is 24.6. The van der Waals surface area contributed by atoms with Crippen LogP contribution < -0.4 is 37.5 Å². The number of cyclic esters (lactones) is 1. The van der Waals surface area contributed by atoms with Crippen molar-refractivity contribution in [3.05, 3.63) is 127 Å². The van der Waals surface area contributed by atoms with Crippen molar-refractivity contribution in [2.75, 3.05) is 174 Å². The van der Waals surface area contributed by atoms with Gasteiger partial charge in [-0.1, -0.05) is 49.7 Å². The lowest BCUT2D eigenvalue weighted by molar-refractivity contribution is -0.172. The number of aromatic nitrogens is 2. The van der Waals surface area contributed by atoms with Gasteiger partial charge in [-0.25, -0.2) is 19.0 Å². The number of nitrogens with one attached hydrogen (secondary N) is 6. The van der Waals surface area contributed by atoms with E-state index in [9.17, 15) is 106 Å². The summed E-state index contributed by atoms with van der Waals surface area (Å²) in [4.78, 5) is 295. The standard InChI is InChI=1S/C91H117FN20O24S/c1-15-91(134)61-32-66-85-59(39-112(66)87(130)60(61)51-135-89(91)132)84-63(28-27-58-52(2)62(92)33-64(98-85)83(58)84)99-90(133)136-50-55-25-26-57(96-70(116)37-95-86(129)65(30-54-22-18-16-19-23-54)97-71(117)36-94-69(115)35-93-68(114)24-20-17-21-29-111-72(118)34-67(137)88(111)131)31-56(55)38-101(5)74(120)41-103(7)76(122)43-105(9)78(124)45-107(11)80(126)47-109(13)82(128)49-110(14)81(127)48-108(12)79(125)46-106(10)77(123)44-104(8)75(121)42-102(6)73(119)40-100(4)53(3)113/h16,18-19,22-23,25-26,31-33,63,65,67,134,137H,15,17,20-21,24,27-30,34-51H2,1-14H3,(H,93,114)(H,94,115)(H,95,129)(H,96,116)(H,97,117)(H,99,133)/t63-,65-,67?,91-/m0/s1. The van der Waals surface area contributed by atoms with Gasteiger partial charge >= 0.3 is 12.1 Å². The van der Waals surface area contributed by atoms with Crippen LogP contribution >= 0.6 is 12.6 Å². The summed E-state index contributed by atoms with van der Waals surface area (Å²) in [5.74, 6) is -12.8. The molecule has 7 N–H and O–H groups in total. The predicted molar refractivity (Wildman–Crippen MR) is 491 cm³/mol. The molecule has 3 aliphatic heterocycles. The van der Waals surface area contributed by atoms with Crippen LogP contribution in [0.5, 0.6) is 0 Å². The number of likely N-dealkylation sites (tertiary alicyclic amines) is 1. The number of anilines is 1. The van der Waals surface area contributed by atoms with Crippen molar-refractivity contribution in [1.82, 2.24) is 94.9 Å². The molecule has 1 unspecified atom stereocenters. The number of imide groups is 1. The van der Waals surface area contributed by atoms with Gasteiger partial charge in [0.15, 0.2) is 5.60 Å². The molecule has 46 heteroatoms. The monoisotopic (exact) mass is 1920 g/mol. The average Bonchev–Trinajstić information content (AvgIpc) is 1.56. The molecule has 4 aliphatic rings. The van der Waals surface area contributed by atoms with E-state index in [-0.39, 0.29) is 127 Å². The van der Waals surface area contributed by atoms with Crippen molar-refractivity contribution in [3.8, 4) is 11.4 Å². The minimum Gasteiger partial charge on any atom is -0.458 e. The fraction of sp³-hybridized carbons (Fsp3) is 0.495. The maximum atomic E-state index is 15.9. The summed E-state index contributed by atoms with van der Waals surface area (Å²) in [6.07, 6.45) is 0.790. The summed E-state index contributed by atoms with van der Waals surface area (Å²) in [6.45, 7) is -3.35. The lowest BCUT2D eigenvalue weighted by atomic mass is 9.81. The Morgan fingerprint density at radius 3 is 1.58 bits per heavy atom. The van der Waals surface area contributed by atoms with Crippen LogP contribution in [0.25, 0.3) is 22.3 Å². The molecule has 1 saturated heterocycles. The highest BCUT2D eigenvalue weighted by atomic mass is 32.1. The number of hydrogen-bond donors (Lipinski definition) is 8. The topological polar surface area (TPSA) is 526 Å². The molecule has 1 fully saturated rings. The van der Waals surface area contributed by atoms with Crippen molar-refractivity contribution < 1.29 is 115 Å². The van der Waals surface area contributed by atoms with Crippen LogP contribution in [0.1, 0.15) is 115 Å². The number of thiol groups is 1. The average molecular weight is 1930 g/mol. The molecule has 0 bridgehead atoms. The van der Waals surface area contributed by atoms with Crippen LogP contribution in [-0.2, 0) is 145 Å². The second-order valence-corrected chi connectivity index (χ2v) is 35.1. The number of aryl methyl sites for hydroxylation is 1. The quantitative estimate of drug-likeness (QED) is 0.00859. The Kier molecular flexibility index (Phi) is 36.7. The maximum Gasteiger partial charge on any atom is 0.407 e. The number of aliphatic hydroxyl groups is 1. The number of pyridine rings is 2. The number of ether oxygens (including phenoxy) is 2. The lowest BCUT2D eigenvalue weighted by Gasteiger charge is -2.31. The van der Waals surface area contributed by atoms with E-state index in [4.69, 9.17) is 14.5 Å². The zero-order valence-corrected chi connectivity index (χ0v) is 79.9. The van der Waals surface area contributed by atoms with Crippen molar-refractivity contribution in [3.63, 3.8) is 0 Å². The van der Waals surface area contributed by atoms with Gasteiger partial charge in [-0.3, -0.25) is 96.0 Å². The van der Waals surface area contributed by atoms with E-state index in [0.717, 1.165) is 49.0 Å². The highest BCUT2D eigenvalue weighted by Gasteiger charge is 2.47. The molecule has 5 aromatic rings. The van der Waals surface area contributed by atoms with E-state index in [1.807, 2.05) is 0 Å². The number of nitrogens with zero attached hydrogens (tertiary/aromatic N) is 14. The number of likely N-dealkylation sites (N-methyl/N-ethyl adjacent to an activating group) is 11. The lowest BCUT2D eigenvalue weighted by Crippen LogP contribution is -2.52. The fourth-order valence-electron chi connectivity index (χ4n) is 15.4. The third-order valence-electron chi connectivity index (χ3n) is 24.2. The van der Waals surface area contributed by atoms with Gasteiger partial charge in [0.2, 0.25) is 106 Å². The Labute approximate surface area is 794 Å². The largest absolute Gasteiger partial charge is 0.458 e. The minimum atomic E-state index is -2.15. The fourth-order valence-corrected chi connectivity index (χ4v) is 15.7.